The van der Waals surface area contributed by atoms with Gasteiger partial charge in [-0.3, -0.25) is 14.5 Å². The van der Waals surface area contributed by atoms with E-state index in [1.165, 1.54) is 17.9 Å². The van der Waals surface area contributed by atoms with Crippen LogP contribution < -0.4 is 5.32 Å². The molecule has 2 aromatic carbocycles. The SMILES string of the molecule is CC(=O)N1CC2=C(C1=O)[C@H](c1ccc(O)c(Cl)c1)c1cn(C)c3cccc(c13)N2. The number of carbonyl (C=O) groups excluding carboxylic acids is 2. The molecule has 2 aliphatic rings. The number of rotatable bonds is 1. The summed E-state index contributed by atoms with van der Waals surface area (Å²) in [6.45, 7) is 1.60. The predicted octanol–water partition coefficient (Wildman–Crippen LogP) is 3.74. The number of aryl methyl sites for hydroxylation is 1. The van der Waals surface area contributed by atoms with E-state index in [9.17, 15) is 14.7 Å². The highest BCUT2D eigenvalue weighted by molar-refractivity contribution is 6.32. The molecule has 2 amide bonds. The van der Waals surface area contributed by atoms with E-state index in [-0.39, 0.29) is 29.1 Å². The zero-order chi connectivity index (χ0) is 20.4. The quantitative estimate of drug-likeness (QED) is 0.644. The van der Waals surface area contributed by atoms with Gasteiger partial charge < -0.3 is 15.0 Å². The Labute approximate surface area is 172 Å². The van der Waals surface area contributed by atoms with Gasteiger partial charge in [0.1, 0.15) is 5.75 Å². The Balaban J connectivity index is 1.82. The molecule has 6 nitrogen and oxygen atoms in total. The van der Waals surface area contributed by atoms with Crippen molar-refractivity contribution in [1.29, 1.82) is 0 Å². The maximum Gasteiger partial charge on any atom is 0.259 e. The molecule has 0 bridgehead atoms. The van der Waals surface area contributed by atoms with Crippen molar-refractivity contribution in [3.63, 3.8) is 0 Å². The number of phenolic OH excluding ortho intramolecular Hbond substituents is 1. The molecule has 0 spiro atoms. The Morgan fingerprint density at radius 1 is 1.28 bits per heavy atom. The summed E-state index contributed by atoms with van der Waals surface area (Å²) in [7, 11) is 1.96. The zero-order valence-corrected chi connectivity index (χ0v) is 16.6. The fourth-order valence-electron chi connectivity index (χ4n) is 4.42. The van der Waals surface area contributed by atoms with Crippen LogP contribution in [0.4, 0.5) is 5.69 Å². The molecule has 0 saturated carbocycles. The molecule has 2 aliphatic heterocycles. The maximum absolute atomic E-state index is 13.3. The normalized spacial score (nSPS) is 18.1. The van der Waals surface area contributed by atoms with E-state index in [0.717, 1.165) is 27.7 Å². The van der Waals surface area contributed by atoms with Crippen LogP contribution in [0.25, 0.3) is 10.9 Å². The Hall–Kier alpha value is -3.25. The van der Waals surface area contributed by atoms with Gasteiger partial charge in [-0.15, -0.1) is 0 Å². The first-order chi connectivity index (χ1) is 13.9. The molecule has 5 rings (SSSR count). The number of aromatic hydroxyl groups is 1. The highest BCUT2D eigenvalue weighted by Crippen LogP contribution is 2.47. The Kier molecular flexibility index (Phi) is 3.76. The molecule has 1 aromatic heterocycles. The third kappa shape index (κ3) is 2.49. The van der Waals surface area contributed by atoms with Crippen LogP contribution in [0.2, 0.25) is 5.02 Å². The number of aromatic nitrogens is 1. The van der Waals surface area contributed by atoms with Crippen molar-refractivity contribution in [3.8, 4) is 5.75 Å². The second kappa shape index (κ2) is 6.12. The van der Waals surface area contributed by atoms with Gasteiger partial charge in [0.25, 0.3) is 5.91 Å². The lowest BCUT2D eigenvalue weighted by molar-refractivity contribution is -0.139. The Morgan fingerprint density at radius 2 is 2.07 bits per heavy atom. The molecule has 3 aromatic rings. The number of nitrogens with zero attached hydrogens (tertiary/aromatic N) is 2. The summed E-state index contributed by atoms with van der Waals surface area (Å²) >= 11 is 6.20. The fraction of sp³-hybridized carbons (Fsp3) is 0.182. The highest BCUT2D eigenvalue weighted by Gasteiger charge is 2.41. The van der Waals surface area contributed by atoms with Gasteiger partial charge in [0, 0.05) is 42.9 Å². The van der Waals surface area contributed by atoms with E-state index < -0.39 is 5.92 Å². The lowest BCUT2D eigenvalue weighted by atomic mass is 9.84. The monoisotopic (exact) mass is 407 g/mol. The van der Waals surface area contributed by atoms with E-state index in [0.29, 0.717) is 11.3 Å². The summed E-state index contributed by atoms with van der Waals surface area (Å²) < 4.78 is 2.03. The molecule has 0 aliphatic carbocycles. The summed E-state index contributed by atoms with van der Waals surface area (Å²) in [6, 6.07) is 11.0. The van der Waals surface area contributed by atoms with Crippen LogP contribution in [0.3, 0.4) is 0 Å². The van der Waals surface area contributed by atoms with Crippen LogP contribution in [0.15, 0.2) is 53.9 Å². The number of anilines is 1. The number of hydrogen-bond acceptors (Lipinski definition) is 4. The summed E-state index contributed by atoms with van der Waals surface area (Å²) in [4.78, 5) is 26.6. The van der Waals surface area contributed by atoms with E-state index >= 15 is 0 Å². The minimum absolute atomic E-state index is 0.0157. The number of nitrogens with one attached hydrogen (secondary N) is 1. The minimum Gasteiger partial charge on any atom is -0.506 e. The van der Waals surface area contributed by atoms with Crippen LogP contribution in [-0.4, -0.2) is 32.9 Å². The number of imide groups is 1. The van der Waals surface area contributed by atoms with Gasteiger partial charge >= 0.3 is 0 Å². The first-order valence-corrected chi connectivity index (χ1v) is 9.63. The number of benzene rings is 2. The lowest BCUT2D eigenvalue weighted by Gasteiger charge is -2.20. The number of amides is 2. The van der Waals surface area contributed by atoms with Gasteiger partial charge in [0.05, 0.1) is 22.7 Å². The molecule has 0 fully saturated rings. The molecule has 7 heteroatoms. The second-order valence-electron chi connectivity index (χ2n) is 7.47. The third-order valence-corrected chi connectivity index (χ3v) is 6.03. The van der Waals surface area contributed by atoms with Crippen molar-refractivity contribution in [2.45, 2.75) is 12.8 Å². The molecule has 1 atom stereocenters. The third-order valence-electron chi connectivity index (χ3n) is 5.73. The fourth-order valence-corrected chi connectivity index (χ4v) is 4.61. The van der Waals surface area contributed by atoms with Crippen LogP contribution in [0.5, 0.6) is 5.75 Å². The summed E-state index contributed by atoms with van der Waals surface area (Å²) in [5, 5.41) is 14.5. The molecule has 3 heterocycles. The number of hydrogen-bond donors (Lipinski definition) is 2. The van der Waals surface area contributed by atoms with Crippen LogP contribution in [0.1, 0.15) is 24.0 Å². The topological polar surface area (TPSA) is 74.6 Å². The van der Waals surface area contributed by atoms with Gasteiger partial charge in [0.2, 0.25) is 5.91 Å². The van der Waals surface area contributed by atoms with Crippen molar-refractivity contribution < 1.29 is 14.7 Å². The average Bonchev–Trinajstić information content (AvgIpc) is 3.13. The number of carbonyl (C=O) groups is 2. The number of phenols is 1. The van der Waals surface area contributed by atoms with Crippen LogP contribution >= 0.6 is 11.6 Å². The lowest BCUT2D eigenvalue weighted by Crippen LogP contribution is -2.33. The predicted molar refractivity (Wildman–Crippen MR) is 111 cm³/mol. The van der Waals surface area contributed by atoms with E-state index in [1.54, 1.807) is 12.1 Å². The van der Waals surface area contributed by atoms with E-state index in [1.807, 2.05) is 36.0 Å². The zero-order valence-electron chi connectivity index (χ0n) is 15.9. The molecule has 0 saturated heterocycles. The van der Waals surface area contributed by atoms with Crippen molar-refractivity contribution >= 4 is 40.0 Å². The van der Waals surface area contributed by atoms with Gasteiger partial charge in [-0.05, 0) is 35.4 Å². The molecule has 146 valence electrons. The standard InChI is InChI=1S/C22H18ClN3O3/c1-11(27)26-10-16-21(22(26)29)19(12-6-7-18(28)14(23)8-12)13-9-25(2)17-5-3-4-15(24-16)20(13)17/h3-9,19,24,28H,10H2,1-2H3/t19-/m1/s1. The van der Waals surface area contributed by atoms with Crippen LogP contribution in [0, 0.1) is 0 Å². The van der Waals surface area contributed by atoms with Gasteiger partial charge in [-0.2, -0.15) is 0 Å². The van der Waals surface area contributed by atoms with Crippen molar-refractivity contribution in [3.05, 3.63) is 70.0 Å². The first kappa shape index (κ1) is 17.8. The second-order valence-corrected chi connectivity index (χ2v) is 7.87. The van der Waals surface area contributed by atoms with E-state index in [2.05, 4.69) is 5.32 Å². The molecule has 2 N–H and O–H groups in total. The highest BCUT2D eigenvalue weighted by atomic mass is 35.5. The summed E-state index contributed by atoms with van der Waals surface area (Å²) in [6.07, 6.45) is 2.01. The van der Waals surface area contributed by atoms with Crippen molar-refractivity contribution in [2.75, 3.05) is 11.9 Å². The first-order valence-electron chi connectivity index (χ1n) is 9.25. The molecular weight excluding hydrogens is 390 g/mol. The molecular formula is C22H18ClN3O3. The Bertz CT molecular complexity index is 1260. The van der Waals surface area contributed by atoms with Gasteiger partial charge in [-0.1, -0.05) is 23.7 Å². The largest absolute Gasteiger partial charge is 0.506 e. The van der Waals surface area contributed by atoms with Gasteiger partial charge in [0.15, 0.2) is 0 Å². The van der Waals surface area contributed by atoms with Crippen LogP contribution in [-0.2, 0) is 16.6 Å². The van der Waals surface area contributed by atoms with E-state index in [4.69, 9.17) is 11.6 Å². The summed E-state index contributed by atoms with van der Waals surface area (Å²) in [5.74, 6) is -1.03. The van der Waals surface area contributed by atoms with Gasteiger partial charge in [-0.25, -0.2) is 0 Å². The average molecular weight is 408 g/mol. The molecule has 0 unspecified atom stereocenters. The molecule has 0 radical (unpaired) electrons. The summed E-state index contributed by atoms with van der Waals surface area (Å²) in [5.41, 5.74) is 4.92. The minimum atomic E-state index is -0.417. The number of halogens is 1. The van der Waals surface area contributed by atoms with Crippen molar-refractivity contribution in [1.82, 2.24) is 9.47 Å². The maximum atomic E-state index is 13.3. The van der Waals surface area contributed by atoms with Crippen molar-refractivity contribution in [2.24, 2.45) is 7.05 Å². The molecule has 29 heavy (non-hydrogen) atoms. The Morgan fingerprint density at radius 3 is 2.79 bits per heavy atom. The smallest absolute Gasteiger partial charge is 0.259 e.